The van der Waals surface area contributed by atoms with E-state index in [2.05, 4.69) is 18.9 Å². The van der Waals surface area contributed by atoms with E-state index in [1.54, 1.807) is 0 Å². The van der Waals surface area contributed by atoms with Crippen LogP contribution >= 0.6 is 0 Å². The van der Waals surface area contributed by atoms with Crippen molar-refractivity contribution in [3.63, 3.8) is 0 Å². The Morgan fingerprint density at radius 2 is 2.13 bits per heavy atom. The second-order valence-electron chi connectivity index (χ2n) is 4.50. The van der Waals surface area contributed by atoms with Crippen LogP contribution in [-0.4, -0.2) is 15.6 Å². The van der Waals surface area contributed by atoms with Gasteiger partial charge >= 0.3 is 0 Å². The third-order valence-corrected chi connectivity index (χ3v) is 3.70. The molecule has 0 saturated heterocycles. The van der Waals surface area contributed by atoms with Crippen molar-refractivity contribution in [1.29, 1.82) is 0 Å². The molecule has 0 aliphatic heterocycles. The predicted molar refractivity (Wildman–Crippen MR) is 58.8 cm³/mol. The lowest BCUT2D eigenvalue weighted by Crippen LogP contribution is -2.35. The Labute approximate surface area is 90.5 Å². The molecule has 1 aromatic rings. The van der Waals surface area contributed by atoms with Gasteiger partial charge in [-0.15, -0.1) is 0 Å². The summed E-state index contributed by atoms with van der Waals surface area (Å²) in [5, 5.41) is 4.41. The van der Waals surface area contributed by atoms with Gasteiger partial charge in [0, 0.05) is 36.6 Å². The molecule has 0 bridgehead atoms. The molecule has 0 amide bonds. The fraction of sp³-hybridized carbons (Fsp3) is 0.667. The van der Waals surface area contributed by atoms with E-state index in [9.17, 15) is 4.79 Å². The number of hydrogen-bond donors (Lipinski definition) is 0. The summed E-state index contributed by atoms with van der Waals surface area (Å²) in [6.07, 6.45) is 1.67. The molecular formula is C12H18N2O. The molecular weight excluding hydrogens is 188 g/mol. The summed E-state index contributed by atoms with van der Waals surface area (Å²) in [5.74, 6) is 1.09. The Morgan fingerprint density at radius 3 is 2.53 bits per heavy atom. The Hall–Kier alpha value is -1.12. The predicted octanol–water partition coefficient (Wildman–Crippen LogP) is 2.12. The Morgan fingerprint density at radius 1 is 1.47 bits per heavy atom. The number of hydrogen-bond acceptors (Lipinski definition) is 2. The normalized spacial score (nSPS) is 25.5. The van der Waals surface area contributed by atoms with Gasteiger partial charge < -0.3 is 0 Å². The first-order valence-corrected chi connectivity index (χ1v) is 5.59. The fourth-order valence-corrected chi connectivity index (χ4v) is 2.72. The van der Waals surface area contributed by atoms with Crippen LogP contribution in [0.25, 0.3) is 0 Å². The highest BCUT2D eigenvalue weighted by Gasteiger charge is 2.41. The van der Waals surface area contributed by atoms with E-state index in [-0.39, 0.29) is 5.92 Å². The number of carbonyl (C=O) groups excluding carboxylic acids is 1. The second kappa shape index (κ2) is 3.47. The largest absolute Gasteiger partial charge is 0.299 e. The quantitative estimate of drug-likeness (QED) is 0.743. The van der Waals surface area contributed by atoms with Gasteiger partial charge in [0.05, 0.1) is 5.69 Å². The standard InChI is InChI=1S/C12H18N2O/c1-5-9-10(6-11(9)15)12-7(2)13-14(4)8(12)3/h9-10H,5-6H2,1-4H3. The molecule has 0 radical (unpaired) electrons. The first kappa shape index (κ1) is 10.4. The molecule has 1 aromatic heterocycles. The zero-order chi connectivity index (χ0) is 11.2. The molecule has 1 aliphatic carbocycles. The summed E-state index contributed by atoms with van der Waals surface area (Å²) in [5.41, 5.74) is 3.61. The fourth-order valence-electron chi connectivity index (χ4n) is 2.72. The van der Waals surface area contributed by atoms with Gasteiger partial charge in [-0.25, -0.2) is 0 Å². The van der Waals surface area contributed by atoms with Crippen LogP contribution < -0.4 is 0 Å². The van der Waals surface area contributed by atoms with Crippen molar-refractivity contribution < 1.29 is 4.79 Å². The molecule has 3 heteroatoms. The molecule has 0 N–H and O–H groups in total. The SMILES string of the molecule is CCC1C(=O)CC1c1c(C)nn(C)c1C. The molecule has 2 unspecified atom stereocenters. The summed E-state index contributed by atoms with van der Waals surface area (Å²) in [7, 11) is 1.97. The summed E-state index contributed by atoms with van der Waals surface area (Å²) < 4.78 is 1.92. The van der Waals surface area contributed by atoms with Crippen LogP contribution in [0.4, 0.5) is 0 Å². The van der Waals surface area contributed by atoms with Crippen molar-refractivity contribution in [3.05, 3.63) is 17.0 Å². The highest BCUT2D eigenvalue weighted by molar-refractivity contribution is 5.89. The molecule has 1 aliphatic rings. The first-order valence-electron chi connectivity index (χ1n) is 5.59. The summed E-state index contributed by atoms with van der Waals surface area (Å²) in [4.78, 5) is 11.4. The Balaban J connectivity index is 2.35. The summed E-state index contributed by atoms with van der Waals surface area (Å²) >= 11 is 0. The third kappa shape index (κ3) is 1.41. The lowest BCUT2D eigenvalue weighted by molar-refractivity contribution is -0.131. The molecule has 2 rings (SSSR count). The molecule has 1 heterocycles. The van der Waals surface area contributed by atoms with Crippen LogP contribution in [0.15, 0.2) is 0 Å². The highest BCUT2D eigenvalue weighted by Crippen LogP contribution is 2.43. The summed E-state index contributed by atoms with van der Waals surface area (Å²) in [6, 6.07) is 0. The van der Waals surface area contributed by atoms with Crippen LogP contribution in [0.2, 0.25) is 0 Å². The van der Waals surface area contributed by atoms with Crippen LogP contribution in [0.3, 0.4) is 0 Å². The number of aryl methyl sites for hydroxylation is 2. The number of carbonyl (C=O) groups is 1. The van der Waals surface area contributed by atoms with Crippen LogP contribution in [0.5, 0.6) is 0 Å². The monoisotopic (exact) mass is 206 g/mol. The highest BCUT2D eigenvalue weighted by atomic mass is 16.1. The van der Waals surface area contributed by atoms with E-state index >= 15 is 0 Å². The maximum atomic E-state index is 11.4. The smallest absolute Gasteiger partial charge is 0.137 e. The van der Waals surface area contributed by atoms with E-state index < -0.39 is 0 Å². The molecule has 1 fully saturated rings. The van der Waals surface area contributed by atoms with Gasteiger partial charge in [-0.2, -0.15) is 5.10 Å². The molecule has 15 heavy (non-hydrogen) atoms. The maximum Gasteiger partial charge on any atom is 0.137 e. The lowest BCUT2D eigenvalue weighted by atomic mass is 9.67. The van der Waals surface area contributed by atoms with Gasteiger partial charge in [-0.05, 0) is 20.3 Å². The average Bonchev–Trinajstić information content (AvgIpc) is 2.39. The Bertz CT molecular complexity index is 406. The molecule has 2 atom stereocenters. The van der Waals surface area contributed by atoms with E-state index in [0.29, 0.717) is 18.1 Å². The molecule has 0 spiro atoms. The van der Waals surface area contributed by atoms with E-state index in [1.807, 2.05) is 18.7 Å². The zero-order valence-electron chi connectivity index (χ0n) is 9.87. The molecule has 1 saturated carbocycles. The van der Waals surface area contributed by atoms with E-state index in [0.717, 1.165) is 12.1 Å². The van der Waals surface area contributed by atoms with Crippen LogP contribution in [0.1, 0.15) is 42.6 Å². The maximum absolute atomic E-state index is 11.4. The van der Waals surface area contributed by atoms with Crippen molar-refractivity contribution in [2.75, 3.05) is 0 Å². The van der Waals surface area contributed by atoms with Crippen molar-refractivity contribution in [3.8, 4) is 0 Å². The Kier molecular flexibility index (Phi) is 2.41. The molecule has 0 aromatic carbocycles. The van der Waals surface area contributed by atoms with E-state index in [4.69, 9.17) is 0 Å². The molecule has 3 nitrogen and oxygen atoms in total. The van der Waals surface area contributed by atoms with Gasteiger partial charge in [0.25, 0.3) is 0 Å². The number of ketones is 1. The molecule has 82 valence electrons. The first-order chi connectivity index (χ1) is 7.06. The van der Waals surface area contributed by atoms with Gasteiger partial charge in [-0.3, -0.25) is 9.48 Å². The van der Waals surface area contributed by atoms with Gasteiger partial charge in [-0.1, -0.05) is 6.92 Å². The van der Waals surface area contributed by atoms with Crippen LogP contribution in [0, 0.1) is 19.8 Å². The minimum atomic E-state index is 0.242. The minimum absolute atomic E-state index is 0.242. The topological polar surface area (TPSA) is 34.9 Å². The number of rotatable bonds is 2. The average molecular weight is 206 g/mol. The number of aromatic nitrogens is 2. The van der Waals surface area contributed by atoms with E-state index in [1.165, 1.54) is 11.3 Å². The second-order valence-corrected chi connectivity index (χ2v) is 4.50. The summed E-state index contributed by atoms with van der Waals surface area (Å²) in [6.45, 7) is 6.22. The number of Topliss-reactive ketones (excluding diaryl/α,β-unsaturated/α-hetero) is 1. The van der Waals surface area contributed by atoms with Gasteiger partial charge in [0.15, 0.2) is 0 Å². The van der Waals surface area contributed by atoms with Crippen LogP contribution in [-0.2, 0) is 11.8 Å². The van der Waals surface area contributed by atoms with Crippen molar-refractivity contribution >= 4 is 5.78 Å². The lowest BCUT2D eigenvalue weighted by Gasteiger charge is -2.34. The third-order valence-electron chi connectivity index (χ3n) is 3.70. The zero-order valence-corrected chi connectivity index (χ0v) is 9.87. The number of nitrogens with zero attached hydrogens (tertiary/aromatic N) is 2. The minimum Gasteiger partial charge on any atom is -0.299 e. The van der Waals surface area contributed by atoms with Crippen molar-refractivity contribution in [2.45, 2.75) is 39.5 Å². The van der Waals surface area contributed by atoms with Gasteiger partial charge in [0.1, 0.15) is 5.78 Å². The van der Waals surface area contributed by atoms with Crippen molar-refractivity contribution in [1.82, 2.24) is 9.78 Å². The van der Waals surface area contributed by atoms with Gasteiger partial charge in [0.2, 0.25) is 0 Å². The van der Waals surface area contributed by atoms with Crippen molar-refractivity contribution in [2.24, 2.45) is 13.0 Å².